The summed E-state index contributed by atoms with van der Waals surface area (Å²) in [5.41, 5.74) is 10.4. The number of rotatable bonds is 4. The maximum Gasteiger partial charge on any atom is 0.0706 e. The van der Waals surface area contributed by atoms with E-state index in [1.165, 1.54) is 44.5 Å². The van der Waals surface area contributed by atoms with Crippen molar-refractivity contribution in [2.24, 2.45) is 0 Å². The van der Waals surface area contributed by atoms with Crippen LogP contribution in [0.1, 0.15) is 44.5 Å². The third kappa shape index (κ3) is 3.09. The van der Waals surface area contributed by atoms with E-state index in [2.05, 4.69) is 125 Å². The van der Waals surface area contributed by atoms with Gasteiger partial charge < -0.3 is 0 Å². The van der Waals surface area contributed by atoms with Crippen LogP contribution in [-0.4, -0.2) is 0 Å². The second kappa shape index (κ2) is 7.72. The van der Waals surface area contributed by atoms with Gasteiger partial charge in [0.05, 0.1) is 5.41 Å². The summed E-state index contributed by atoms with van der Waals surface area (Å²) in [6.07, 6.45) is 0. The summed E-state index contributed by atoms with van der Waals surface area (Å²) in [7, 11) is 0. The van der Waals surface area contributed by atoms with E-state index in [0.717, 1.165) is 0 Å². The van der Waals surface area contributed by atoms with E-state index in [9.17, 15) is 0 Å². The third-order valence-electron chi connectivity index (χ3n) is 6.35. The highest BCUT2D eigenvalue weighted by molar-refractivity contribution is 5.64. The standard InChI is InChI=1S/C29H28/c1-21-20-22(2)28(24(4)23(21)3)29(25-14-8-5-9-15-25,26-16-10-6-11-17-26)27-18-12-7-13-19-27/h5-20H,1-4H3. The molecule has 29 heavy (non-hydrogen) atoms. The van der Waals surface area contributed by atoms with Crippen LogP contribution in [0, 0.1) is 27.7 Å². The van der Waals surface area contributed by atoms with E-state index in [0.29, 0.717) is 0 Å². The predicted molar refractivity (Wildman–Crippen MR) is 124 cm³/mol. The van der Waals surface area contributed by atoms with Crippen molar-refractivity contribution in [2.75, 3.05) is 0 Å². The maximum absolute atomic E-state index is 2.35. The van der Waals surface area contributed by atoms with Gasteiger partial charge in [-0.15, -0.1) is 0 Å². The molecular weight excluding hydrogens is 348 g/mol. The average molecular weight is 377 g/mol. The van der Waals surface area contributed by atoms with Gasteiger partial charge in [0, 0.05) is 0 Å². The van der Waals surface area contributed by atoms with Crippen molar-refractivity contribution >= 4 is 0 Å². The minimum Gasteiger partial charge on any atom is -0.0622 e. The van der Waals surface area contributed by atoms with E-state index in [-0.39, 0.29) is 5.41 Å². The molecule has 144 valence electrons. The topological polar surface area (TPSA) is 0 Å². The van der Waals surface area contributed by atoms with Gasteiger partial charge in [0.2, 0.25) is 0 Å². The highest BCUT2D eigenvalue weighted by Gasteiger charge is 2.40. The second-order valence-electron chi connectivity index (χ2n) is 7.98. The highest BCUT2D eigenvalue weighted by Crippen LogP contribution is 2.48. The Morgan fingerprint density at radius 2 is 0.828 bits per heavy atom. The van der Waals surface area contributed by atoms with Gasteiger partial charge in [-0.05, 0) is 72.2 Å². The Bertz CT molecular complexity index is 1010. The Morgan fingerprint density at radius 1 is 0.448 bits per heavy atom. The number of hydrogen-bond acceptors (Lipinski definition) is 0. The number of benzene rings is 4. The summed E-state index contributed by atoms with van der Waals surface area (Å²) in [4.78, 5) is 0. The highest BCUT2D eigenvalue weighted by atomic mass is 14.4. The molecule has 0 fully saturated rings. The Kier molecular flexibility index (Phi) is 5.11. The first-order valence-electron chi connectivity index (χ1n) is 10.3. The van der Waals surface area contributed by atoms with Crippen LogP contribution in [-0.2, 0) is 5.41 Å². The maximum atomic E-state index is 2.35. The third-order valence-corrected chi connectivity index (χ3v) is 6.35. The molecule has 0 spiro atoms. The minimum absolute atomic E-state index is 0.365. The summed E-state index contributed by atoms with van der Waals surface area (Å²) in [6.45, 7) is 9.01. The molecule has 0 radical (unpaired) electrons. The molecule has 4 aromatic rings. The Balaban J connectivity index is 2.24. The molecule has 0 unspecified atom stereocenters. The fourth-order valence-electron chi connectivity index (χ4n) is 4.86. The molecule has 0 aliphatic heterocycles. The summed E-state index contributed by atoms with van der Waals surface area (Å²) in [5, 5.41) is 0. The molecule has 0 aliphatic carbocycles. The van der Waals surface area contributed by atoms with Crippen LogP contribution in [0.25, 0.3) is 0 Å². The van der Waals surface area contributed by atoms with Crippen LogP contribution in [0.4, 0.5) is 0 Å². The molecule has 0 heterocycles. The van der Waals surface area contributed by atoms with E-state index in [1.54, 1.807) is 0 Å². The zero-order valence-electron chi connectivity index (χ0n) is 17.7. The molecule has 0 heteroatoms. The van der Waals surface area contributed by atoms with Crippen molar-refractivity contribution in [3.63, 3.8) is 0 Å². The summed E-state index contributed by atoms with van der Waals surface area (Å²) < 4.78 is 0. The fraction of sp³-hybridized carbons (Fsp3) is 0.172. The van der Waals surface area contributed by atoms with Crippen LogP contribution in [0.3, 0.4) is 0 Å². The molecule has 0 nitrogen and oxygen atoms in total. The van der Waals surface area contributed by atoms with Crippen molar-refractivity contribution in [3.8, 4) is 0 Å². The van der Waals surface area contributed by atoms with Crippen molar-refractivity contribution in [1.29, 1.82) is 0 Å². The van der Waals surface area contributed by atoms with E-state index < -0.39 is 0 Å². The molecule has 0 saturated heterocycles. The SMILES string of the molecule is Cc1cc(C)c(C(c2ccccc2)(c2ccccc2)c2ccccc2)c(C)c1C. The van der Waals surface area contributed by atoms with Crippen molar-refractivity contribution in [2.45, 2.75) is 33.1 Å². The molecule has 4 aromatic carbocycles. The van der Waals surface area contributed by atoms with Crippen molar-refractivity contribution < 1.29 is 0 Å². The van der Waals surface area contributed by atoms with Gasteiger partial charge in [-0.1, -0.05) is 97.1 Å². The second-order valence-corrected chi connectivity index (χ2v) is 7.98. The van der Waals surface area contributed by atoms with Gasteiger partial charge in [0.25, 0.3) is 0 Å². The summed E-state index contributed by atoms with van der Waals surface area (Å²) >= 11 is 0. The Hall–Kier alpha value is -3.12. The minimum atomic E-state index is -0.365. The first kappa shape index (κ1) is 19.2. The molecule has 0 amide bonds. The quantitative estimate of drug-likeness (QED) is 0.328. The van der Waals surface area contributed by atoms with Crippen molar-refractivity contribution in [3.05, 3.63) is 142 Å². The van der Waals surface area contributed by atoms with E-state index in [4.69, 9.17) is 0 Å². The molecule has 4 rings (SSSR count). The van der Waals surface area contributed by atoms with Gasteiger partial charge in [0.1, 0.15) is 0 Å². The molecule has 0 bridgehead atoms. The molecule has 0 aromatic heterocycles. The zero-order valence-corrected chi connectivity index (χ0v) is 17.7. The van der Waals surface area contributed by atoms with E-state index >= 15 is 0 Å². The average Bonchev–Trinajstić information content (AvgIpc) is 2.77. The fourth-order valence-corrected chi connectivity index (χ4v) is 4.86. The monoisotopic (exact) mass is 376 g/mol. The lowest BCUT2D eigenvalue weighted by molar-refractivity contribution is 0.729. The van der Waals surface area contributed by atoms with Crippen LogP contribution < -0.4 is 0 Å². The largest absolute Gasteiger partial charge is 0.0706 e. The summed E-state index contributed by atoms with van der Waals surface area (Å²) in [5.74, 6) is 0. The van der Waals surface area contributed by atoms with Crippen LogP contribution in [0.5, 0.6) is 0 Å². The smallest absolute Gasteiger partial charge is 0.0622 e. The van der Waals surface area contributed by atoms with Gasteiger partial charge in [0.15, 0.2) is 0 Å². The predicted octanol–water partition coefficient (Wildman–Crippen LogP) is 7.30. The van der Waals surface area contributed by atoms with Gasteiger partial charge >= 0.3 is 0 Å². The molecule has 0 saturated carbocycles. The lowest BCUT2D eigenvalue weighted by Crippen LogP contribution is -2.33. The number of aryl methyl sites for hydroxylation is 2. The number of hydrogen-bond donors (Lipinski definition) is 0. The molecule has 0 N–H and O–H groups in total. The lowest BCUT2D eigenvalue weighted by Gasteiger charge is -2.39. The first-order chi connectivity index (χ1) is 14.1. The van der Waals surface area contributed by atoms with Crippen LogP contribution >= 0.6 is 0 Å². The van der Waals surface area contributed by atoms with Gasteiger partial charge in [-0.2, -0.15) is 0 Å². The Morgan fingerprint density at radius 3 is 1.21 bits per heavy atom. The van der Waals surface area contributed by atoms with Gasteiger partial charge in [-0.3, -0.25) is 0 Å². The molecular formula is C29H28. The summed E-state index contributed by atoms with van der Waals surface area (Å²) in [6, 6.07) is 35.2. The lowest BCUT2D eigenvalue weighted by atomic mass is 9.62. The van der Waals surface area contributed by atoms with Crippen LogP contribution in [0.15, 0.2) is 97.1 Å². The zero-order chi connectivity index (χ0) is 20.4. The normalized spacial score (nSPS) is 11.4. The van der Waals surface area contributed by atoms with Gasteiger partial charge in [-0.25, -0.2) is 0 Å². The molecule has 0 atom stereocenters. The van der Waals surface area contributed by atoms with E-state index in [1.807, 2.05) is 0 Å². The first-order valence-corrected chi connectivity index (χ1v) is 10.3. The molecule has 0 aliphatic rings. The van der Waals surface area contributed by atoms with Crippen molar-refractivity contribution in [1.82, 2.24) is 0 Å². The van der Waals surface area contributed by atoms with Crippen LogP contribution in [0.2, 0.25) is 0 Å². The Labute approximate surface area is 174 Å².